The molecule has 0 aromatic carbocycles. The number of amides is 1. The van der Waals surface area contributed by atoms with Crippen molar-refractivity contribution in [1.29, 1.82) is 0 Å². The first kappa shape index (κ1) is 11.9. The topological polar surface area (TPSA) is 82.2 Å². The number of ether oxygens (including phenoxy) is 1. The molecule has 1 amide bonds. The maximum atomic E-state index is 11.6. The summed E-state index contributed by atoms with van der Waals surface area (Å²) in [7, 11) is 0. The summed E-state index contributed by atoms with van der Waals surface area (Å²) < 4.78 is 6.96. The number of nitrogens with zero attached hydrogens (tertiary/aromatic N) is 2. The third kappa shape index (κ3) is 3.20. The molecule has 0 bridgehead atoms. The molecule has 1 heterocycles. The SMILES string of the molecule is CCOC1CC(NC(=O)Cn2cc(N)cn2)C1. The fraction of sp³-hybridized carbons (Fsp3) is 0.636. The molecule has 1 fully saturated rings. The smallest absolute Gasteiger partial charge is 0.241 e. The van der Waals surface area contributed by atoms with Gasteiger partial charge in [0.25, 0.3) is 0 Å². The predicted molar refractivity (Wildman–Crippen MR) is 63.2 cm³/mol. The van der Waals surface area contributed by atoms with Gasteiger partial charge < -0.3 is 15.8 Å². The molecule has 0 spiro atoms. The van der Waals surface area contributed by atoms with Gasteiger partial charge in [0, 0.05) is 18.8 Å². The van der Waals surface area contributed by atoms with Gasteiger partial charge in [-0.2, -0.15) is 5.10 Å². The standard InChI is InChI=1S/C11H18N4O2/c1-2-17-10-3-9(4-10)14-11(16)7-15-6-8(12)5-13-15/h5-6,9-10H,2-4,7,12H2,1H3,(H,14,16). The van der Waals surface area contributed by atoms with E-state index in [-0.39, 0.29) is 18.5 Å². The lowest BCUT2D eigenvalue weighted by Gasteiger charge is -2.35. The monoisotopic (exact) mass is 238 g/mol. The van der Waals surface area contributed by atoms with Gasteiger partial charge in [-0.25, -0.2) is 0 Å². The van der Waals surface area contributed by atoms with Crippen LogP contribution in [0.5, 0.6) is 0 Å². The van der Waals surface area contributed by atoms with Crippen LogP contribution >= 0.6 is 0 Å². The van der Waals surface area contributed by atoms with E-state index in [2.05, 4.69) is 10.4 Å². The second kappa shape index (κ2) is 5.18. The van der Waals surface area contributed by atoms with E-state index in [9.17, 15) is 4.79 Å². The second-order valence-corrected chi connectivity index (χ2v) is 4.28. The van der Waals surface area contributed by atoms with Gasteiger partial charge in [0.15, 0.2) is 0 Å². The molecule has 1 aliphatic rings. The lowest BCUT2D eigenvalue weighted by atomic mass is 9.89. The number of anilines is 1. The zero-order valence-corrected chi connectivity index (χ0v) is 9.93. The highest BCUT2D eigenvalue weighted by Gasteiger charge is 2.30. The molecular formula is C11H18N4O2. The first-order valence-corrected chi connectivity index (χ1v) is 5.86. The van der Waals surface area contributed by atoms with Gasteiger partial charge in [-0.3, -0.25) is 9.48 Å². The molecule has 94 valence electrons. The van der Waals surface area contributed by atoms with E-state index in [4.69, 9.17) is 10.5 Å². The van der Waals surface area contributed by atoms with Crippen LogP contribution in [0.3, 0.4) is 0 Å². The molecular weight excluding hydrogens is 220 g/mol. The van der Waals surface area contributed by atoms with E-state index >= 15 is 0 Å². The Kier molecular flexibility index (Phi) is 3.63. The first-order valence-electron chi connectivity index (χ1n) is 5.86. The van der Waals surface area contributed by atoms with Crippen LogP contribution in [0.15, 0.2) is 12.4 Å². The van der Waals surface area contributed by atoms with Crippen molar-refractivity contribution in [3.63, 3.8) is 0 Å². The molecule has 0 atom stereocenters. The van der Waals surface area contributed by atoms with Crippen molar-refractivity contribution < 1.29 is 9.53 Å². The van der Waals surface area contributed by atoms with Crippen molar-refractivity contribution in [1.82, 2.24) is 15.1 Å². The summed E-state index contributed by atoms with van der Waals surface area (Å²) in [5.74, 6) is -0.0342. The van der Waals surface area contributed by atoms with Gasteiger partial charge in [0.1, 0.15) is 6.54 Å². The van der Waals surface area contributed by atoms with E-state index in [0.29, 0.717) is 11.8 Å². The van der Waals surface area contributed by atoms with Gasteiger partial charge in [-0.15, -0.1) is 0 Å². The Morgan fingerprint density at radius 3 is 3.06 bits per heavy atom. The lowest BCUT2D eigenvalue weighted by Crippen LogP contribution is -2.48. The minimum atomic E-state index is -0.0342. The Bertz CT molecular complexity index is 385. The summed E-state index contributed by atoms with van der Waals surface area (Å²) in [4.78, 5) is 11.6. The molecule has 0 saturated heterocycles. The number of nitrogens with two attached hydrogens (primary N) is 1. The van der Waals surface area contributed by atoms with Crippen LogP contribution in [0.1, 0.15) is 19.8 Å². The molecule has 6 nitrogen and oxygen atoms in total. The minimum Gasteiger partial charge on any atom is -0.396 e. The van der Waals surface area contributed by atoms with Crippen molar-refractivity contribution in [2.45, 2.75) is 38.5 Å². The number of carbonyl (C=O) groups is 1. The Balaban J connectivity index is 1.69. The highest BCUT2D eigenvalue weighted by atomic mass is 16.5. The Morgan fingerprint density at radius 2 is 2.47 bits per heavy atom. The third-order valence-electron chi connectivity index (χ3n) is 2.82. The Hall–Kier alpha value is -1.56. The van der Waals surface area contributed by atoms with Crippen molar-refractivity contribution in [3.05, 3.63) is 12.4 Å². The largest absolute Gasteiger partial charge is 0.396 e. The Morgan fingerprint density at radius 1 is 1.71 bits per heavy atom. The van der Waals surface area contributed by atoms with E-state index in [1.165, 1.54) is 10.9 Å². The summed E-state index contributed by atoms with van der Waals surface area (Å²) in [6.45, 7) is 2.93. The van der Waals surface area contributed by atoms with Crippen LogP contribution in [-0.2, 0) is 16.1 Å². The molecule has 1 aliphatic carbocycles. The summed E-state index contributed by atoms with van der Waals surface area (Å²) in [6.07, 6.45) is 5.29. The zero-order valence-electron chi connectivity index (χ0n) is 9.93. The molecule has 6 heteroatoms. The highest BCUT2D eigenvalue weighted by molar-refractivity contribution is 5.76. The van der Waals surface area contributed by atoms with Crippen LogP contribution in [0.25, 0.3) is 0 Å². The number of nitrogen functional groups attached to an aromatic ring is 1. The molecule has 1 aromatic heterocycles. The summed E-state index contributed by atoms with van der Waals surface area (Å²) in [5.41, 5.74) is 6.08. The van der Waals surface area contributed by atoms with E-state index in [1.54, 1.807) is 6.20 Å². The predicted octanol–water partition coefficient (Wildman–Crippen LogP) is 0.149. The van der Waals surface area contributed by atoms with E-state index in [0.717, 1.165) is 19.4 Å². The molecule has 2 rings (SSSR count). The second-order valence-electron chi connectivity index (χ2n) is 4.28. The molecule has 1 aromatic rings. The van der Waals surface area contributed by atoms with Crippen LogP contribution in [0.4, 0.5) is 5.69 Å². The van der Waals surface area contributed by atoms with Crippen LogP contribution < -0.4 is 11.1 Å². The molecule has 0 aliphatic heterocycles. The van der Waals surface area contributed by atoms with Crippen molar-refractivity contribution in [3.8, 4) is 0 Å². The normalized spacial score (nSPS) is 23.1. The molecule has 0 radical (unpaired) electrons. The maximum absolute atomic E-state index is 11.6. The number of aromatic nitrogens is 2. The summed E-state index contributed by atoms with van der Waals surface area (Å²) in [6, 6.07) is 0.243. The number of rotatable bonds is 5. The minimum absolute atomic E-state index is 0.0342. The van der Waals surface area contributed by atoms with Crippen LogP contribution in [0, 0.1) is 0 Å². The molecule has 3 N–H and O–H groups in total. The average Bonchev–Trinajstić information content (AvgIpc) is 2.61. The van der Waals surface area contributed by atoms with Crippen LogP contribution in [-0.4, -0.2) is 34.4 Å². The molecule has 17 heavy (non-hydrogen) atoms. The van der Waals surface area contributed by atoms with Gasteiger partial charge in [-0.1, -0.05) is 0 Å². The molecule has 1 saturated carbocycles. The van der Waals surface area contributed by atoms with Gasteiger partial charge in [0.05, 0.1) is 18.0 Å². The molecule has 0 unspecified atom stereocenters. The van der Waals surface area contributed by atoms with Crippen molar-refractivity contribution in [2.75, 3.05) is 12.3 Å². The van der Waals surface area contributed by atoms with Gasteiger partial charge >= 0.3 is 0 Å². The van der Waals surface area contributed by atoms with Gasteiger partial charge in [0.2, 0.25) is 5.91 Å². The highest BCUT2D eigenvalue weighted by Crippen LogP contribution is 2.23. The number of nitrogens with one attached hydrogen (secondary N) is 1. The van der Waals surface area contributed by atoms with Gasteiger partial charge in [-0.05, 0) is 19.8 Å². The maximum Gasteiger partial charge on any atom is 0.241 e. The van der Waals surface area contributed by atoms with Crippen molar-refractivity contribution in [2.24, 2.45) is 0 Å². The lowest BCUT2D eigenvalue weighted by molar-refractivity contribution is -0.124. The van der Waals surface area contributed by atoms with Crippen molar-refractivity contribution >= 4 is 11.6 Å². The van der Waals surface area contributed by atoms with E-state index < -0.39 is 0 Å². The summed E-state index contributed by atoms with van der Waals surface area (Å²) in [5, 5.41) is 6.90. The average molecular weight is 238 g/mol. The summed E-state index contributed by atoms with van der Waals surface area (Å²) >= 11 is 0. The number of hydrogen-bond acceptors (Lipinski definition) is 4. The third-order valence-corrected chi connectivity index (χ3v) is 2.82. The zero-order chi connectivity index (χ0) is 12.3. The van der Waals surface area contributed by atoms with Crippen LogP contribution in [0.2, 0.25) is 0 Å². The quantitative estimate of drug-likeness (QED) is 0.765. The fourth-order valence-electron chi connectivity index (χ4n) is 1.94. The van der Waals surface area contributed by atoms with E-state index in [1.807, 2.05) is 6.92 Å². The number of carbonyl (C=O) groups excluding carboxylic acids is 1. The Labute approximate surface area is 100 Å². The number of hydrogen-bond donors (Lipinski definition) is 2. The fourth-order valence-corrected chi connectivity index (χ4v) is 1.94. The first-order chi connectivity index (χ1) is 8.17.